The number of benzene rings is 1. The molecule has 0 amide bonds. The average Bonchev–Trinajstić information content (AvgIpc) is 2.59. The van der Waals surface area contributed by atoms with Gasteiger partial charge in [-0.15, -0.1) is 0 Å². The molecule has 1 aromatic carbocycles. The van der Waals surface area contributed by atoms with Crippen LogP contribution in [-0.4, -0.2) is 24.1 Å². The summed E-state index contributed by atoms with van der Waals surface area (Å²) in [6.07, 6.45) is 3.23. The summed E-state index contributed by atoms with van der Waals surface area (Å²) >= 11 is 0. The highest BCUT2D eigenvalue weighted by Crippen LogP contribution is 2.13. The van der Waals surface area contributed by atoms with Crippen molar-refractivity contribution in [1.29, 1.82) is 0 Å². The Labute approximate surface area is 154 Å². The number of ketones is 1. The molecule has 0 saturated carbocycles. The number of carbonyl (C=O) groups is 1. The maximum absolute atomic E-state index is 12.0. The normalized spacial score (nSPS) is 11.5. The van der Waals surface area contributed by atoms with Crippen LogP contribution in [0.25, 0.3) is 0 Å². The minimum atomic E-state index is -0.0799. The first-order chi connectivity index (χ1) is 12.5. The van der Waals surface area contributed by atoms with Gasteiger partial charge in [0.25, 0.3) is 5.56 Å². The molecule has 1 aromatic heterocycles. The number of Topliss-reactive ketones (excluding diaryl/α,β-unsaturated/α-hetero) is 1. The molecular weight excluding hydrogens is 326 g/mol. The van der Waals surface area contributed by atoms with Gasteiger partial charge in [-0.2, -0.15) is 0 Å². The lowest BCUT2D eigenvalue weighted by Gasteiger charge is -2.09. The van der Waals surface area contributed by atoms with Crippen molar-refractivity contribution >= 4 is 5.78 Å². The van der Waals surface area contributed by atoms with Gasteiger partial charge in [0.05, 0.1) is 6.61 Å². The monoisotopic (exact) mass is 351 g/mol. The number of rotatable bonds is 7. The zero-order chi connectivity index (χ0) is 18.9. The molecule has 0 radical (unpaired) electrons. The van der Waals surface area contributed by atoms with E-state index in [1.165, 1.54) is 5.56 Å². The molecule has 0 bridgehead atoms. The van der Waals surface area contributed by atoms with Gasteiger partial charge in [0.2, 0.25) is 0 Å². The Morgan fingerprint density at radius 1 is 1.15 bits per heavy atom. The Balaban J connectivity index is 2.02. The maximum Gasteiger partial charge on any atom is 0.251 e. The van der Waals surface area contributed by atoms with Crippen LogP contribution in [0.2, 0.25) is 0 Å². The molecule has 1 unspecified atom stereocenters. The fourth-order valence-corrected chi connectivity index (χ4v) is 2.79. The van der Waals surface area contributed by atoms with Crippen LogP contribution in [0.15, 0.2) is 47.4 Å². The van der Waals surface area contributed by atoms with Gasteiger partial charge in [0, 0.05) is 43.5 Å². The Kier molecular flexibility index (Phi) is 7.37. The number of aromatic nitrogens is 1. The van der Waals surface area contributed by atoms with Gasteiger partial charge in [-0.3, -0.25) is 4.79 Å². The highest BCUT2D eigenvalue weighted by Gasteiger charge is 2.06. The second-order valence-electron chi connectivity index (χ2n) is 6.60. The van der Waals surface area contributed by atoms with E-state index in [0.717, 1.165) is 12.0 Å². The van der Waals surface area contributed by atoms with Crippen molar-refractivity contribution in [1.82, 2.24) is 4.57 Å². The Bertz CT molecular complexity index is 853. The van der Waals surface area contributed by atoms with Crippen LogP contribution >= 0.6 is 0 Å². The molecule has 0 aliphatic rings. The second-order valence-corrected chi connectivity index (χ2v) is 6.60. The first kappa shape index (κ1) is 19.7. The van der Waals surface area contributed by atoms with Crippen molar-refractivity contribution in [3.05, 3.63) is 69.6 Å². The number of methoxy groups -OCH3 is 1. The molecule has 4 nitrogen and oxygen atoms in total. The van der Waals surface area contributed by atoms with Crippen molar-refractivity contribution in [3.8, 4) is 11.8 Å². The summed E-state index contributed by atoms with van der Waals surface area (Å²) in [4.78, 5) is 23.2. The summed E-state index contributed by atoms with van der Waals surface area (Å²) in [6.45, 7) is 4.75. The number of hydrogen-bond acceptors (Lipinski definition) is 3. The smallest absolute Gasteiger partial charge is 0.251 e. The van der Waals surface area contributed by atoms with Gasteiger partial charge in [0.15, 0.2) is 0 Å². The highest BCUT2D eigenvalue weighted by molar-refractivity contribution is 5.75. The summed E-state index contributed by atoms with van der Waals surface area (Å²) in [6, 6.07) is 11.4. The second kappa shape index (κ2) is 9.74. The summed E-state index contributed by atoms with van der Waals surface area (Å²) in [5.74, 6) is 6.69. The number of ether oxygens (including phenoxy) is 1. The predicted molar refractivity (Wildman–Crippen MR) is 103 cm³/mol. The molecule has 4 heteroatoms. The summed E-state index contributed by atoms with van der Waals surface area (Å²) in [5.41, 5.74) is 2.72. The van der Waals surface area contributed by atoms with Crippen LogP contribution in [0.1, 0.15) is 37.0 Å². The van der Waals surface area contributed by atoms with Crippen LogP contribution in [0.4, 0.5) is 0 Å². The maximum atomic E-state index is 12.0. The zero-order valence-electron chi connectivity index (χ0n) is 15.6. The predicted octanol–water partition coefficient (Wildman–Crippen LogP) is 3.05. The lowest BCUT2D eigenvalue weighted by molar-refractivity contribution is -0.117. The summed E-state index contributed by atoms with van der Waals surface area (Å²) < 4.78 is 6.59. The van der Waals surface area contributed by atoms with Crippen molar-refractivity contribution in [2.24, 2.45) is 5.92 Å². The molecular formula is C22H25NO3. The first-order valence-corrected chi connectivity index (χ1v) is 8.77. The van der Waals surface area contributed by atoms with E-state index in [1.54, 1.807) is 30.9 Å². The van der Waals surface area contributed by atoms with E-state index in [1.807, 2.05) is 30.3 Å². The average molecular weight is 351 g/mol. The van der Waals surface area contributed by atoms with Gasteiger partial charge < -0.3 is 14.1 Å². The first-order valence-electron chi connectivity index (χ1n) is 8.77. The van der Waals surface area contributed by atoms with E-state index in [9.17, 15) is 9.59 Å². The largest absolute Gasteiger partial charge is 0.383 e. The lowest BCUT2D eigenvalue weighted by Crippen LogP contribution is -2.20. The molecule has 136 valence electrons. The van der Waals surface area contributed by atoms with Gasteiger partial charge in [-0.1, -0.05) is 30.9 Å². The fraction of sp³-hybridized carbons (Fsp3) is 0.364. The Morgan fingerprint density at radius 2 is 1.85 bits per heavy atom. The Hall–Kier alpha value is -2.64. The van der Waals surface area contributed by atoms with Crippen LogP contribution in [0.3, 0.4) is 0 Å². The summed E-state index contributed by atoms with van der Waals surface area (Å²) in [7, 11) is 1.61. The van der Waals surface area contributed by atoms with E-state index in [-0.39, 0.29) is 11.3 Å². The molecule has 1 atom stereocenters. The van der Waals surface area contributed by atoms with Gasteiger partial charge >= 0.3 is 0 Å². The molecule has 0 aliphatic heterocycles. The van der Waals surface area contributed by atoms with E-state index in [2.05, 4.69) is 18.8 Å². The van der Waals surface area contributed by atoms with E-state index in [4.69, 9.17) is 4.74 Å². The quantitative estimate of drug-likeness (QED) is 0.721. The molecule has 0 aliphatic carbocycles. The van der Waals surface area contributed by atoms with E-state index >= 15 is 0 Å². The van der Waals surface area contributed by atoms with E-state index < -0.39 is 0 Å². The molecule has 2 aromatic rings. The Morgan fingerprint density at radius 3 is 2.46 bits per heavy atom. The van der Waals surface area contributed by atoms with Crippen molar-refractivity contribution < 1.29 is 9.53 Å². The van der Waals surface area contributed by atoms with Gasteiger partial charge in [0.1, 0.15) is 5.78 Å². The standard InChI is InChI=1S/C22H25NO3/c1-17(14-18(2)24)15-20-7-4-19(5-8-20)6-9-21-10-11-23(12-13-26-3)22(25)16-21/h4-5,7-8,10-11,16-17H,12-15H2,1-3H3. The number of pyridine rings is 1. The molecule has 0 spiro atoms. The number of carbonyl (C=O) groups excluding carboxylic acids is 1. The minimum Gasteiger partial charge on any atom is -0.383 e. The summed E-state index contributed by atoms with van der Waals surface area (Å²) in [5, 5.41) is 0. The van der Waals surface area contributed by atoms with Crippen LogP contribution in [0.5, 0.6) is 0 Å². The topological polar surface area (TPSA) is 48.3 Å². The molecule has 26 heavy (non-hydrogen) atoms. The molecule has 0 fully saturated rings. The highest BCUT2D eigenvalue weighted by atomic mass is 16.5. The third-order valence-electron chi connectivity index (χ3n) is 4.06. The van der Waals surface area contributed by atoms with Crippen molar-refractivity contribution in [2.75, 3.05) is 13.7 Å². The van der Waals surface area contributed by atoms with E-state index in [0.29, 0.717) is 31.1 Å². The van der Waals surface area contributed by atoms with Crippen LogP contribution < -0.4 is 5.56 Å². The fourth-order valence-electron chi connectivity index (χ4n) is 2.79. The van der Waals surface area contributed by atoms with Crippen LogP contribution in [-0.2, 0) is 22.5 Å². The third-order valence-corrected chi connectivity index (χ3v) is 4.06. The number of nitrogens with zero attached hydrogens (tertiary/aromatic N) is 1. The minimum absolute atomic E-state index is 0.0799. The SMILES string of the molecule is COCCn1ccc(C#Cc2ccc(CC(C)CC(C)=O)cc2)cc1=O. The van der Waals surface area contributed by atoms with Crippen molar-refractivity contribution in [3.63, 3.8) is 0 Å². The third kappa shape index (κ3) is 6.34. The molecule has 0 saturated heterocycles. The lowest BCUT2D eigenvalue weighted by atomic mass is 9.96. The van der Waals surface area contributed by atoms with Crippen LogP contribution in [0, 0.1) is 17.8 Å². The molecule has 2 rings (SSSR count). The molecule has 1 heterocycles. The van der Waals surface area contributed by atoms with Gasteiger partial charge in [-0.05, 0) is 43.0 Å². The number of hydrogen-bond donors (Lipinski definition) is 0. The molecule has 0 N–H and O–H groups in total. The van der Waals surface area contributed by atoms with Gasteiger partial charge in [-0.25, -0.2) is 0 Å². The zero-order valence-corrected chi connectivity index (χ0v) is 15.6. The van der Waals surface area contributed by atoms with Crippen molar-refractivity contribution in [2.45, 2.75) is 33.2 Å².